The highest BCUT2D eigenvalue weighted by Crippen LogP contribution is 2.54. The van der Waals surface area contributed by atoms with Crippen LogP contribution in [0.2, 0.25) is 0 Å². The van der Waals surface area contributed by atoms with E-state index in [1.165, 1.54) is 12.1 Å². The van der Waals surface area contributed by atoms with Crippen LogP contribution in [0.25, 0.3) is 0 Å². The first kappa shape index (κ1) is 29.6. The third-order valence-electron chi connectivity index (χ3n) is 7.48. The standard InChI is InChI=1S/C29H26BrN3O8S2/c1-2-40-28(37)15-3-6-17(7-4-15)33-26(35)22-21(23-25(31-29(38)43-23)42-24(22)27(33)36)18-13-16(30)5-8-19(18)41-14-20(34)32-9-11-39-12-10-32/h3-8,13,21-22,24H,2,9-12,14H2,1H3,(H,31,38)/t21-,22-,24+/m0/s1. The minimum atomic E-state index is -0.854. The molecule has 0 spiro atoms. The van der Waals surface area contributed by atoms with Crippen molar-refractivity contribution < 1.29 is 33.4 Å². The first-order valence-electron chi connectivity index (χ1n) is 13.6. The highest BCUT2D eigenvalue weighted by atomic mass is 79.9. The fraction of sp³-hybridized carbons (Fsp3) is 0.345. The number of rotatable bonds is 7. The van der Waals surface area contributed by atoms with Gasteiger partial charge >= 0.3 is 10.8 Å². The molecule has 2 fully saturated rings. The number of morpholine rings is 1. The maximum absolute atomic E-state index is 14.1. The number of aromatic nitrogens is 1. The monoisotopic (exact) mass is 687 g/mol. The van der Waals surface area contributed by atoms with Crippen molar-refractivity contribution in [1.82, 2.24) is 9.88 Å². The van der Waals surface area contributed by atoms with Gasteiger partial charge in [-0.1, -0.05) is 39.0 Å². The van der Waals surface area contributed by atoms with E-state index in [1.807, 2.05) is 0 Å². The van der Waals surface area contributed by atoms with Gasteiger partial charge < -0.3 is 24.1 Å². The number of carbonyl (C=O) groups excluding carboxylic acids is 4. The zero-order valence-corrected chi connectivity index (χ0v) is 26.1. The highest BCUT2D eigenvalue weighted by molar-refractivity contribution is 9.10. The Labute approximate surface area is 262 Å². The zero-order chi connectivity index (χ0) is 30.2. The molecule has 0 saturated carbocycles. The van der Waals surface area contributed by atoms with Crippen LogP contribution in [0.15, 0.2) is 56.8 Å². The molecule has 3 atom stereocenters. The van der Waals surface area contributed by atoms with E-state index in [0.717, 1.165) is 28.0 Å². The third-order valence-corrected chi connectivity index (χ3v) is 10.4. The van der Waals surface area contributed by atoms with Crippen molar-refractivity contribution in [1.29, 1.82) is 0 Å². The van der Waals surface area contributed by atoms with E-state index >= 15 is 0 Å². The number of aromatic amines is 1. The van der Waals surface area contributed by atoms with E-state index in [2.05, 4.69) is 20.9 Å². The Hall–Kier alpha value is -3.46. The third kappa shape index (κ3) is 5.64. The van der Waals surface area contributed by atoms with Gasteiger partial charge in [0.25, 0.3) is 5.91 Å². The summed E-state index contributed by atoms with van der Waals surface area (Å²) in [6.07, 6.45) is 0. The molecule has 6 rings (SSSR count). The Balaban J connectivity index is 1.35. The van der Waals surface area contributed by atoms with E-state index in [4.69, 9.17) is 14.2 Å². The summed E-state index contributed by atoms with van der Waals surface area (Å²) in [6.45, 7) is 3.60. The Morgan fingerprint density at radius 3 is 2.53 bits per heavy atom. The van der Waals surface area contributed by atoms with Gasteiger partial charge in [0, 0.05) is 33.9 Å². The molecule has 2 saturated heterocycles. The summed E-state index contributed by atoms with van der Waals surface area (Å²) in [6, 6.07) is 11.4. The topological polar surface area (TPSA) is 135 Å². The molecule has 0 aliphatic carbocycles. The number of ether oxygens (including phenoxy) is 3. The molecule has 14 heteroatoms. The lowest BCUT2D eigenvalue weighted by Gasteiger charge is -2.31. The van der Waals surface area contributed by atoms with E-state index in [9.17, 15) is 24.0 Å². The molecule has 0 unspecified atom stereocenters. The average molecular weight is 689 g/mol. The van der Waals surface area contributed by atoms with Gasteiger partial charge in [0.1, 0.15) is 11.0 Å². The number of anilines is 1. The largest absolute Gasteiger partial charge is 0.483 e. The van der Waals surface area contributed by atoms with Gasteiger partial charge in [0.05, 0.1) is 42.0 Å². The normalized spacial score (nSPS) is 21.4. The van der Waals surface area contributed by atoms with Gasteiger partial charge in [-0.25, -0.2) is 9.69 Å². The molecule has 43 heavy (non-hydrogen) atoms. The summed E-state index contributed by atoms with van der Waals surface area (Å²) in [5.74, 6) is -2.72. The molecular formula is C29H26BrN3O8S2. The lowest BCUT2D eigenvalue weighted by Crippen LogP contribution is -2.43. The molecule has 1 N–H and O–H groups in total. The number of thiazole rings is 1. The summed E-state index contributed by atoms with van der Waals surface area (Å²) < 4.78 is 17.1. The van der Waals surface area contributed by atoms with Gasteiger partial charge in [0.15, 0.2) is 6.61 Å². The van der Waals surface area contributed by atoms with Crippen LogP contribution in [0.4, 0.5) is 5.69 Å². The summed E-state index contributed by atoms with van der Waals surface area (Å²) >= 11 is 5.66. The lowest BCUT2D eigenvalue weighted by molar-refractivity contribution is -0.137. The smallest absolute Gasteiger partial charge is 0.338 e. The minimum absolute atomic E-state index is 0.189. The summed E-state index contributed by atoms with van der Waals surface area (Å²) in [4.78, 5) is 71.4. The molecule has 3 amide bonds. The zero-order valence-electron chi connectivity index (χ0n) is 22.9. The van der Waals surface area contributed by atoms with E-state index < -0.39 is 34.9 Å². The molecule has 2 aromatic carbocycles. The number of thioether (sulfide) groups is 1. The number of carbonyl (C=O) groups is 4. The molecule has 224 valence electrons. The quantitative estimate of drug-likeness (QED) is 0.293. The molecular weight excluding hydrogens is 662 g/mol. The molecule has 3 aliphatic heterocycles. The van der Waals surface area contributed by atoms with E-state index in [1.54, 1.807) is 42.2 Å². The van der Waals surface area contributed by atoms with Crippen LogP contribution >= 0.6 is 39.0 Å². The molecule has 0 radical (unpaired) electrons. The second-order valence-corrected chi connectivity index (χ2v) is 13.1. The van der Waals surface area contributed by atoms with Crippen molar-refractivity contribution in [2.75, 3.05) is 44.4 Å². The van der Waals surface area contributed by atoms with Gasteiger partial charge in [-0.3, -0.25) is 19.2 Å². The van der Waals surface area contributed by atoms with Crippen molar-refractivity contribution >= 4 is 68.4 Å². The molecule has 0 bridgehead atoms. The van der Waals surface area contributed by atoms with Crippen LogP contribution in [-0.4, -0.2) is 78.3 Å². The molecule has 1 aromatic heterocycles. The number of fused-ring (bicyclic) bond motifs is 2. The number of nitrogens with zero attached hydrogens (tertiary/aromatic N) is 2. The maximum atomic E-state index is 14.1. The summed E-state index contributed by atoms with van der Waals surface area (Å²) in [5.41, 5.74) is 1.21. The molecule has 4 heterocycles. The lowest BCUT2D eigenvalue weighted by atomic mass is 9.82. The fourth-order valence-corrected chi connectivity index (χ4v) is 8.39. The minimum Gasteiger partial charge on any atom is -0.483 e. The Morgan fingerprint density at radius 1 is 1.07 bits per heavy atom. The van der Waals surface area contributed by atoms with Crippen LogP contribution in [-0.2, 0) is 23.9 Å². The number of H-pyrrole nitrogens is 1. The van der Waals surface area contributed by atoms with Gasteiger partial charge in [0.2, 0.25) is 11.8 Å². The van der Waals surface area contributed by atoms with Crippen molar-refractivity contribution in [3.8, 4) is 5.75 Å². The van der Waals surface area contributed by atoms with Crippen LogP contribution in [0, 0.1) is 5.92 Å². The second-order valence-electron chi connectivity index (χ2n) is 9.99. The Morgan fingerprint density at radius 2 is 1.81 bits per heavy atom. The first-order valence-corrected chi connectivity index (χ1v) is 16.1. The number of benzene rings is 2. The highest BCUT2D eigenvalue weighted by Gasteiger charge is 2.57. The predicted molar refractivity (Wildman–Crippen MR) is 162 cm³/mol. The summed E-state index contributed by atoms with van der Waals surface area (Å²) in [7, 11) is 0. The molecule has 11 nitrogen and oxygen atoms in total. The number of esters is 1. The number of nitrogens with one attached hydrogen (secondary N) is 1. The maximum Gasteiger partial charge on any atom is 0.338 e. The van der Waals surface area contributed by atoms with Gasteiger partial charge in [-0.15, -0.1) is 0 Å². The molecule has 3 aliphatic rings. The van der Waals surface area contributed by atoms with Crippen LogP contribution in [0.3, 0.4) is 0 Å². The SMILES string of the molecule is CCOC(=O)c1ccc(N2C(=O)[C@H]3[C@H](c4cc(Br)ccc4OCC(=O)N4CCOCC4)c4sc(=O)[nH]c4S[C@H]3C2=O)cc1. The van der Waals surface area contributed by atoms with Gasteiger partial charge in [-0.05, 0) is 49.4 Å². The number of amides is 3. The number of hydrogen-bond acceptors (Lipinski definition) is 10. The van der Waals surface area contributed by atoms with Crippen molar-refractivity contribution in [3.05, 3.63) is 72.6 Å². The Bertz CT molecular complexity index is 1650. The van der Waals surface area contributed by atoms with Gasteiger partial charge in [-0.2, -0.15) is 0 Å². The van der Waals surface area contributed by atoms with Crippen molar-refractivity contribution in [3.63, 3.8) is 0 Å². The Kier molecular flexibility index (Phi) is 8.45. The van der Waals surface area contributed by atoms with Crippen molar-refractivity contribution in [2.24, 2.45) is 5.92 Å². The number of hydrogen-bond donors (Lipinski definition) is 1. The van der Waals surface area contributed by atoms with Crippen LogP contribution in [0.5, 0.6) is 5.75 Å². The average Bonchev–Trinajstić information content (AvgIpc) is 3.50. The van der Waals surface area contributed by atoms with Crippen molar-refractivity contribution in [2.45, 2.75) is 23.1 Å². The predicted octanol–water partition coefficient (Wildman–Crippen LogP) is 3.41. The van der Waals surface area contributed by atoms with E-state index in [0.29, 0.717) is 63.2 Å². The summed E-state index contributed by atoms with van der Waals surface area (Å²) in [5, 5.41) is -0.293. The van der Waals surface area contributed by atoms with Crippen LogP contribution < -0.4 is 14.5 Å². The first-order chi connectivity index (χ1) is 20.8. The molecule has 3 aromatic rings. The second kappa shape index (κ2) is 12.3. The number of halogens is 1. The number of imide groups is 1. The van der Waals surface area contributed by atoms with Crippen LogP contribution in [0.1, 0.15) is 33.6 Å². The fourth-order valence-electron chi connectivity index (χ4n) is 5.50. The van der Waals surface area contributed by atoms with E-state index in [-0.39, 0.29) is 24.0 Å².